The van der Waals surface area contributed by atoms with Crippen molar-refractivity contribution in [1.82, 2.24) is 10.9 Å². The number of amides is 2. The zero-order valence-electron chi connectivity index (χ0n) is 10.1. The molecular formula is C12H14ClFN2O2. The van der Waals surface area contributed by atoms with Gasteiger partial charge in [0.2, 0.25) is 5.91 Å². The number of benzene rings is 1. The fourth-order valence-corrected chi connectivity index (χ4v) is 1.46. The molecule has 0 unspecified atom stereocenters. The van der Waals surface area contributed by atoms with Crippen molar-refractivity contribution in [1.29, 1.82) is 0 Å². The predicted molar refractivity (Wildman–Crippen MR) is 66.5 cm³/mol. The molecule has 2 N–H and O–H groups in total. The van der Waals surface area contributed by atoms with Crippen LogP contribution in [0.15, 0.2) is 18.2 Å². The molecule has 0 aromatic heterocycles. The number of halogens is 2. The topological polar surface area (TPSA) is 58.2 Å². The van der Waals surface area contributed by atoms with Crippen LogP contribution in [0.1, 0.15) is 30.6 Å². The Bertz CT molecular complexity index is 463. The normalized spacial score (nSPS) is 10.3. The molecule has 0 bridgehead atoms. The standard InChI is InChI=1S/C12H14ClFN2O2/c1-7(2)5-11(17)15-16-12(18)9-6-8(13)3-4-10(9)14/h3-4,6-7H,5H2,1-2H3,(H,15,17)(H,16,18). The van der Waals surface area contributed by atoms with Crippen LogP contribution >= 0.6 is 11.6 Å². The van der Waals surface area contributed by atoms with E-state index < -0.39 is 11.7 Å². The highest BCUT2D eigenvalue weighted by molar-refractivity contribution is 6.31. The molecule has 0 radical (unpaired) electrons. The second-order valence-electron chi connectivity index (χ2n) is 4.22. The summed E-state index contributed by atoms with van der Waals surface area (Å²) in [6.07, 6.45) is 0.276. The fraction of sp³-hybridized carbons (Fsp3) is 0.333. The van der Waals surface area contributed by atoms with Gasteiger partial charge in [-0.05, 0) is 24.1 Å². The van der Waals surface area contributed by atoms with Crippen molar-refractivity contribution in [3.63, 3.8) is 0 Å². The van der Waals surface area contributed by atoms with E-state index in [9.17, 15) is 14.0 Å². The molecule has 1 aromatic rings. The highest BCUT2D eigenvalue weighted by atomic mass is 35.5. The molecule has 98 valence electrons. The van der Waals surface area contributed by atoms with Crippen LogP contribution in [0, 0.1) is 11.7 Å². The molecule has 0 aliphatic carbocycles. The minimum atomic E-state index is -0.743. The molecule has 0 heterocycles. The third kappa shape index (κ3) is 4.33. The number of carbonyl (C=O) groups is 2. The van der Waals surface area contributed by atoms with Gasteiger partial charge >= 0.3 is 0 Å². The summed E-state index contributed by atoms with van der Waals surface area (Å²) in [4.78, 5) is 22.9. The first-order valence-electron chi connectivity index (χ1n) is 5.44. The Morgan fingerprint density at radius 1 is 1.33 bits per heavy atom. The van der Waals surface area contributed by atoms with Crippen LogP contribution in [-0.2, 0) is 4.79 Å². The molecule has 0 saturated heterocycles. The summed E-state index contributed by atoms with van der Waals surface area (Å²) in [6, 6.07) is 3.62. The van der Waals surface area contributed by atoms with E-state index in [2.05, 4.69) is 10.9 Å². The molecule has 0 fully saturated rings. The van der Waals surface area contributed by atoms with Crippen molar-refractivity contribution < 1.29 is 14.0 Å². The highest BCUT2D eigenvalue weighted by Crippen LogP contribution is 2.14. The van der Waals surface area contributed by atoms with Crippen molar-refractivity contribution in [3.05, 3.63) is 34.6 Å². The van der Waals surface area contributed by atoms with Gasteiger partial charge in [0.15, 0.2) is 0 Å². The maximum absolute atomic E-state index is 13.3. The van der Waals surface area contributed by atoms with Crippen LogP contribution < -0.4 is 10.9 Å². The Labute approximate surface area is 109 Å². The molecule has 0 saturated carbocycles. The number of hydrazine groups is 1. The molecule has 0 aliphatic heterocycles. The van der Waals surface area contributed by atoms with Crippen LogP contribution in [0.3, 0.4) is 0 Å². The van der Waals surface area contributed by atoms with Crippen molar-refractivity contribution in [3.8, 4) is 0 Å². The molecule has 1 aromatic carbocycles. The van der Waals surface area contributed by atoms with Crippen molar-refractivity contribution in [2.24, 2.45) is 5.92 Å². The molecule has 0 aliphatic rings. The summed E-state index contributed by atoms with van der Waals surface area (Å²) in [5.74, 6) is -1.60. The maximum Gasteiger partial charge on any atom is 0.272 e. The quantitative estimate of drug-likeness (QED) is 0.830. The molecule has 4 nitrogen and oxygen atoms in total. The first-order chi connectivity index (χ1) is 8.40. The Hall–Kier alpha value is -1.62. The van der Waals surface area contributed by atoms with Gasteiger partial charge in [-0.25, -0.2) is 4.39 Å². The summed E-state index contributed by atoms with van der Waals surface area (Å²) in [5.41, 5.74) is 4.13. The Balaban J connectivity index is 2.60. The lowest BCUT2D eigenvalue weighted by atomic mass is 10.1. The molecule has 2 amide bonds. The number of rotatable bonds is 3. The summed E-state index contributed by atoms with van der Waals surface area (Å²) < 4.78 is 13.3. The minimum absolute atomic E-state index is 0.171. The molecule has 0 atom stereocenters. The van der Waals surface area contributed by atoms with Crippen molar-refractivity contribution in [2.75, 3.05) is 0 Å². The lowest BCUT2D eigenvalue weighted by Crippen LogP contribution is -2.42. The van der Waals surface area contributed by atoms with Crippen LogP contribution in [0.5, 0.6) is 0 Å². The van der Waals surface area contributed by atoms with E-state index in [1.807, 2.05) is 13.8 Å². The SMILES string of the molecule is CC(C)CC(=O)NNC(=O)c1cc(Cl)ccc1F. The van der Waals surface area contributed by atoms with Gasteiger partial charge in [0.25, 0.3) is 5.91 Å². The lowest BCUT2D eigenvalue weighted by molar-refractivity contribution is -0.122. The van der Waals surface area contributed by atoms with E-state index in [-0.39, 0.29) is 28.8 Å². The third-order valence-corrected chi connectivity index (χ3v) is 2.32. The highest BCUT2D eigenvalue weighted by Gasteiger charge is 2.13. The van der Waals surface area contributed by atoms with Gasteiger partial charge < -0.3 is 0 Å². The van der Waals surface area contributed by atoms with Crippen molar-refractivity contribution >= 4 is 23.4 Å². The number of carbonyl (C=O) groups excluding carboxylic acids is 2. The van der Waals surface area contributed by atoms with Gasteiger partial charge in [-0.15, -0.1) is 0 Å². The average molecular weight is 273 g/mol. The largest absolute Gasteiger partial charge is 0.273 e. The second-order valence-corrected chi connectivity index (χ2v) is 4.66. The molecule has 1 rings (SSSR count). The third-order valence-electron chi connectivity index (χ3n) is 2.08. The van der Waals surface area contributed by atoms with E-state index >= 15 is 0 Å². The summed E-state index contributed by atoms with van der Waals surface area (Å²) in [5, 5.41) is 0.245. The van der Waals surface area contributed by atoms with E-state index in [1.54, 1.807) is 0 Å². The number of hydrogen-bond donors (Lipinski definition) is 2. The summed E-state index contributed by atoms with van der Waals surface area (Å²) >= 11 is 5.66. The average Bonchev–Trinajstić information content (AvgIpc) is 2.28. The van der Waals surface area contributed by atoms with E-state index in [1.165, 1.54) is 12.1 Å². The van der Waals surface area contributed by atoms with Gasteiger partial charge in [0.05, 0.1) is 5.56 Å². The fourth-order valence-electron chi connectivity index (χ4n) is 1.29. The van der Waals surface area contributed by atoms with E-state index in [4.69, 9.17) is 11.6 Å². The van der Waals surface area contributed by atoms with Gasteiger partial charge in [-0.1, -0.05) is 25.4 Å². The lowest BCUT2D eigenvalue weighted by Gasteiger charge is -2.09. The number of nitrogens with one attached hydrogen (secondary N) is 2. The molecule has 18 heavy (non-hydrogen) atoms. The van der Waals surface area contributed by atoms with Crippen LogP contribution in [0.25, 0.3) is 0 Å². The Morgan fingerprint density at radius 2 is 2.00 bits per heavy atom. The predicted octanol–water partition coefficient (Wildman–Crippen LogP) is 2.29. The van der Waals surface area contributed by atoms with Gasteiger partial charge in [0, 0.05) is 11.4 Å². The maximum atomic E-state index is 13.3. The minimum Gasteiger partial charge on any atom is -0.273 e. The summed E-state index contributed by atoms with van der Waals surface area (Å²) in [7, 11) is 0. The van der Waals surface area contributed by atoms with Gasteiger partial charge in [-0.3, -0.25) is 20.4 Å². The van der Waals surface area contributed by atoms with Crippen LogP contribution in [0.4, 0.5) is 4.39 Å². The smallest absolute Gasteiger partial charge is 0.272 e. The first kappa shape index (κ1) is 14.4. The Morgan fingerprint density at radius 3 is 2.61 bits per heavy atom. The van der Waals surface area contributed by atoms with Crippen LogP contribution in [0.2, 0.25) is 5.02 Å². The van der Waals surface area contributed by atoms with Crippen LogP contribution in [-0.4, -0.2) is 11.8 Å². The van der Waals surface area contributed by atoms with Gasteiger partial charge in [0.1, 0.15) is 5.82 Å². The zero-order chi connectivity index (χ0) is 13.7. The zero-order valence-corrected chi connectivity index (χ0v) is 10.8. The van der Waals surface area contributed by atoms with Gasteiger partial charge in [-0.2, -0.15) is 0 Å². The first-order valence-corrected chi connectivity index (χ1v) is 5.82. The Kier molecular flexibility index (Phi) is 5.09. The second kappa shape index (κ2) is 6.35. The monoisotopic (exact) mass is 272 g/mol. The summed E-state index contributed by atoms with van der Waals surface area (Å²) in [6.45, 7) is 3.75. The van der Waals surface area contributed by atoms with Crippen molar-refractivity contribution in [2.45, 2.75) is 20.3 Å². The van der Waals surface area contributed by atoms with E-state index in [0.29, 0.717) is 0 Å². The molecule has 6 heteroatoms. The van der Waals surface area contributed by atoms with E-state index in [0.717, 1.165) is 6.07 Å². The molecule has 0 spiro atoms. The number of hydrogen-bond acceptors (Lipinski definition) is 2. The molecular weight excluding hydrogens is 259 g/mol.